The van der Waals surface area contributed by atoms with Crippen molar-refractivity contribution in [2.45, 2.75) is 45.1 Å². The van der Waals surface area contributed by atoms with Crippen LogP contribution < -0.4 is 10.2 Å². The largest absolute Gasteiger partial charge is 0.415 e. The average molecular weight is 555 g/mol. The SMILES string of the molecule is CNC(=O)C1CCN(c2ccc(C(=O)N(C)Cc3ccc(-c4nnc(C(F)F)o4)cn3)c(C(C)(C)C=O)c2)CC1. The Balaban J connectivity index is 1.50. The quantitative estimate of drug-likeness (QED) is 0.397. The van der Waals surface area contributed by atoms with E-state index in [-0.39, 0.29) is 30.2 Å². The molecule has 12 heteroatoms. The van der Waals surface area contributed by atoms with Gasteiger partial charge in [0.1, 0.15) is 6.29 Å². The van der Waals surface area contributed by atoms with E-state index < -0.39 is 17.7 Å². The molecule has 0 radical (unpaired) electrons. The Kier molecular flexibility index (Phi) is 8.55. The van der Waals surface area contributed by atoms with E-state index in [1.54, 1.807) is 46.1 Å². The van der Waals surface area contributed by atoms with Crippen molar-refractivity contribution in [1.29, 1.82) is 0 Å². The highest BCUT2D eigenvalue weighted by molar-refractivity contribution is 5.97. The van der Waals surface area contributed by atoms with Gasteiger partial charge in [-0.3, -0.25) is 14.6 Å². The van der Waals surface area contributed by atoms with Gasteiger partial charge in [0.05, 0.1) is 17.8 Å². The number of rotatable bonds is 9. The lowest BCUT2D eigenvalue weighted by atomic mass is 9.82. The number of pyridine rings is 1. The molecule has 3 aromatic rings. The zero-order valence-corrected chi connectivity index (χ0v) is 22.9. The first kappa shape index (κ1) is 28.8. The molecule has 10 nitrogen and oxygen atoms in total. The van der Waals surface area contributed by atoms with Gasteiger partial charge >= 0.3 is 6.43 Å². The Morgan fingerprint density at radius 1 is 1.20 bits per heavy atom. The van der Waals surface area contributed by atoms with Crippen LogP contribution in [0.4, 0.5) is 14.5 Å². The van der Waals surface area contributed by atoms with Crippen LogP contribution in [0.15, 0.2) is 40.9 Å². The maximum absolute atomic E-state index is 13.5. The molecule has 0 bridgehead atoms. The maximum Gasteiger partial charge on any atom is 0.314 e. The van der Waals surface area contributed by atoms with Crippen molar-refractivity contribution in [3.63, 3.8) is 0 Å². The van der Waals surface area contributed by atoms with Crippen molar-refractivity contribution in [3.05, 3.63) is 59.2 Å². The van der Waals surface area contributed by atoms with E-state index in [0.29, 0.717) is 35.5 Å². The second kappa shape index (κ2) is 11.9. The summed E-state index contributed by atoms with van der Waals surface area (Å²) in [7, 11) is 3.28. The molecule has 2 amide bonds. The Bertz CT molecular complexity index is 1370. The Hall–Kier alpha value is -4.22. The zero-order chi connectivity index (χ0) is 29.0. The number of benzene rings is 1. The summed E-state index contributed by atoms with van der Waals surface area (Å²) in [5, 5.41) is 9.64. The molecule has 1 aliphatic rings. The summed E-state index contributed by atoms with van der Waals surface area (Å²) in [5.74, 6) is -1.09. The zero-order valence-electron chi connectivity index (χ0n) is 22.9. The predicted octanol–water partition coefficient (Wildman–Crippen LogP) is 3.78. The minimum Gasteiger partial charge on any atom is -0.415 e. The molecular weight excluding hydrogens is 522 g/mol. The fourth-order valence-electron chi connectivity index (χ4n) is 4.72. The van der Waals surface area contributed by atoms with Gasteiger partial charge in [-0.2, -0.15) is 8.78 Å². The summed E-state index contributed by atoms with van der Waals surface area (Å²) in [5.41, 5.74) is 1.93. The van der Waals surface area contributed by atoms with E-state index >= 15 is 0 Å². The van der Waals surface area contributed by atoms with E-state index in [0.717, 1.165) is 24.8 Å². The number of amides is 2. The summed E-state index contributed by atoms with van der Waals surface area (Å²) < 4.78 is 30.4. The third-order valence-corrected chi connectivity index (χ3v) is 7.14. The van der Waals surface area contributed by atoms with Crippen LogP contribution in [0.5, 0.6) is 0 Å². The first-order chi connectivity index (χ1) is 19.0. The molecule has 40 heavy (non-hydrogen) atoms. The van der Waals surface area contributed by atoms with Crippen LogP contribution in [0, 0.1) is 5.92 Å². The van der Waals surface area contributed by atoms with E-state index in [9.17, 15) is 23.2 Å². The lowest BCUT2D eigenvalue weighted by molar-refractivity contribution is -0.125. The lowest BCUT2D eigenvalue weighted by Gasteiger charge is -2.34. The molecule has 2 aromatic heterocycles. The molecular formula is C28H32F2N6O4. The van der Waals surface area contributed by atoms with Gasteiger partial charge in [0.15, 0.2) is 0 Å². The molecule has 1 aliphatic heterocycles. The van der Waals surface area contributed by atoms with Gasteiger partial charge in [-0.25, -0.2) is 0 Å². The number of aldehydes is 1. The fourth-order valence-corrected chi connectivity index (χ4v) is 4.72. The summed E-state index contributed by atoms with van der Waals surface area (Å²) in [6.45, 7) is 5.10. The predicted molar refractivity (Wildman–Crippen MR) is 143 cm³/mol. The number of carbonyl (C=O) groups excluding carboxylic acids is 3. The number of carbonyl (C=O) groups is 3. The van der Waals surface area contributed by atoms with Crippen molar-refractivity contribution in [3.8, 4) is 11.5 Å². The van der Waals surface area contributed by atoms with E-state index in [1.807, 2.05) is 12.1 Å². The smallest absolute Gasteiger partial charge is 0.314 e. The number of aromatic nitrogens is 3. The number of hydrogen-bond donors (Lipinski definition) is 1. The van der Waals surface area contributed by atoms with Crippen LogP contribution in [0.1, 0.15) is 60.6 Å². The van der Waals surface area contributed by atoms with Crippen LogP contribution in [0.3, 0.4) is 0 Å². The van der Waals surface area contributed by atoms with Crippen molar-refractivity contribution in [2.24, 2.45) is 5.92 Å². The molecule has 3 heterocycles. The van der Waals surface area contributed by atoms with E-state index in [2.05, 4.69) is 25.4 Å². The normalized spacial score (nSPS) is 14.3. The molecule has 0 aliphatic carbocycles. The monoisotopic (exact) mass is 554 g/mol. The van der Waals surface area contributed by atoms with Gasteiger partial charge in [-0.15, -0.1) is 10.2 Å². The van der Waals surface area contributed by atoms with Crippen molar-refractivity contribution >= 4 is 23.8 Å². The van der Waals surface area contributed by atoms with Crippen molar-refractivity contribution in [2.75, 3.05) is 32.1 Å². The van der Waals surface area contributed by atoms with Crippen LogP contribution >= 0.6 is 0 Å². The molecule has 1 saturated heterocycles. The van der Waals surface area contributed by atoms with Crippen LogP contribution in [0.2, 0.25) is 0 Å². The number of alkyl halides is 2. The maximum atomic E-state index is 13.5. The highest BCUT2D eigenvalue weighted by Crippen LogP contribution is 2.32. The minimum absolute atomic E-state index is 0.0218. The van der Waals surface area contributed by atoms with E-state index in [1.165, 1.54) is 11.1 Å². The Morgan fingerprint density at radius 2 is 1.93 bits per heavy atom. The summed E-state index contributed by atoms with van der Waals surface area (Å²) in [6, 6.07) is 8.75. The highest BCUT2D eigenvalue weighted by atomic mass is 19.3. The standard InChI is InChI=1S/C28H32F2N6O4/c1-28(2,16-37)22-13-20(36-11-9-17(10-12-36)24(38)31-3)7-8-21(22)27(39)35(4)15-19-6-5-18(14-32-19)25-33-34-26(40-25)23(29)30/h5-8,13-14,16-17,23H,9-12,15H2,1-4H3,(H,31,38). The van der Waals surface area contributed by atoms with Gasteiger partial charge in [0, 0.05) is 56.0 Å². The third kappa shape index (κ3) is 6.16. The minimum atomic E-state index is -2.86. The summed E-state index contributed by atoms with van der Waals surface area (Å²) in [6.07, 6.45) is 0.831. The van der Waals surface area contributed by atoms with Crippen LogP contribution in [-0.2, 0) is 21.5 Å². The number of anilines is 1. The van der Waals surface area contributed by atoms with Gasteiger partial charge in [0.2, 0.25) is 11.8 Å². The summed E-state index contributed by atoms with van der Waals surface area (Å²) in [4.78, 5) is 45.6. The first-order valence-electron chi connectivity index (χ1n) is 12.9. The molecule has 1 fully saturated rings. The third-order valence-electron chi connectivity index (χ3n) is 7.14. The van der Waals surface area contributed by atoms with Gasteiger partial charge in [-0.1, -0.05) is 0 Å². The molecule has 4 rings (SSSR count). The molecule has 1 N–H and O–H groups in total. The number of piperidine rings is 1. The van der Waals surface area contributed by atoms with Gasteiger partial charge in [0.25, 0.3) is 11.8 Å². The first-order valence-corrected chi connectivity index (χ1v) is 12.9. The molecule has 0 unspecified atom stereocenters. The Labute approximate surface area is 230 Å². The molecule has 1 aromatic carbocycles. The summed E-state index contributed by atoms with van der Waals surface area (Å²) >= 11 is 0. The molecule has 0 saturated carbocycles. The van der Waals surface area contributed by atoms with Crippen LogP contribution in [0.25, 0.3) is 11.5 Å². The lowest BCUT2D eigenvalue weighted by Crippen LogP contribution is -2.39. The molecule has 0 atom stereocenters. The van der Waals surface area contributed by atoms with Gasteiger partial charge in [-0.05, 0) is 62.6 Å². The molecule has 0 spiro atoms. The second-order valence-corrected chi connectivity index (χ2v) is 10.4. The average Bonchev–Trinajstić information content (AvgIpc) is 3.47. The highest BCUT2D eigenvalue weighted by Gasteiger charge is 2.30. The number of halogens is 2. The number of nitrogens with one attached hydrogen (secondary N) is 1. The topological polar surface area (TPSA) is 122 Å². The second-order valence-electron chi connectivity index (χ2n) is 10.4. The number of nitrogens with zero attached hydrogens (tertiary/aromatic N) is 5. The Morgan fingerprint density at radius 3 is 2.50 bits per heavy atom. The van der Waals surface area contributed by atoms with Gasteiger partial charge < -0.3 is 24.3 Å². The number of hydrogen-bond acceptors (Lipinski definition) is 8. The van der Waals surface area contributed by atoms with Crippen molar-refractivity contribution in [1.82, 2.24) is 25.4 Å². The van der Waals surface area contributed by atoms with Crippen LogP contribution in [-0.4, -0.2) is 65.4 Å². The van der Waals surface area contributed by atoms with Crippen molar-refractivity contribution < 1.29 is 27.6 Å². The molecule has 212 valence electrons. The fraction of sp³-hybridized carbons (Fsp3) is 0.429. The van der Waals surface area contributed by atoms with E-state index in [4.69, 9.17) is 4.42 Å².